The number of carbonyl (C=O) groups excluding carboxylic acids is 1. The number of ether oxygens (including phenoxy) is 1. The number of hydrogen-bond acceptors (Lipinski definition) is 7. The average molecular weight is 352 g/mol. The van der Waals surface area contributed by atoms with Gasteiger partial charge < -0.3 is 15.5 Å². The summed E-state index contributed by atoms with van der Waals surface area (Å²) in [4.78, 5) is 20.0. The lowest BCUT2D eigenvalue weighted by atomic mass is 10.1. The van der Waals surface area contributed by atoms with Crippen LogP contribution in [0.5, 0.6) is 11.6 Å². The smallest absolute Gasteiger partial charge is 0.233 e. The number of rotatable bonds is 6. The van der Waals surface area contributed by atoms with Crippen LogP contribution in [0.25, 0.3) is 11.4 Å². The second-order valence-electron chi connectivity index (χ2n) is 5.27. The Bertz CT molecular complexity index is 923. The van der Waals surface area contributed by atoms with Crippen molar-refractivity contribution in [3.63, 3.8) is 0 Å². The van der Waals surface area contributed by atoms with Gasteiger partial charge >= 0.3 is 0 Å². The molecule has 0 saturated heterocycles. The molecule has 0 aliphatic rings. The van der Waals surface area contributed by atoms with Crippen LogP contribution in [0.4, 0.5) is 5.82 Å². The van der Waals surface area contributed by atoms with Gasteiger partial charge in [-0.1, -0.05) is 12.1 Å². The highest BCUT2D eigenvalue weighted by Gasteiger charge is 2.16. The molecular formula is C18H16N4O2S. The first-order chi connectivity index (χ1) is 12.2. The van der Waals surface area contributed by atoms with Crippen LogP contribution in [-0.4, -0.2) is 29.5 Å². The van der Waals surface area contributed by atoms with E-state index >= 15 is 0 Å². The molecule has 0 spiro atoms. The molecule has 0 unspecified atom stereocenters. The number of carbonyl (C=O) groups is 1. The molecule has 6 nitrogen and oxygen atoms in total. The minimum atomic E-state index is 0.265. The van der Waals surface area contributed by atoms with Gasteiger partial charge in [0.2, 0.25) is 5.88 Å². The van der Waals surface area contributed by atoms with E-state index in [1.807, 2.05) is 29.8 Å². The summed E-state index contributed by atoms with van der Waals surface area (Å²) in [5.74, 6) is 1.80. The normalized spacial score (nSPS) is 10.3. The minimum Gasteiger partial charge on any atom is -0.438 e. The lowest BCUT2D eigenvalue weighted by molar-refractivity contribution is 0.112. The largest absolute Gasteiger partial charge is 0.438 e. The summed E-state index contributed by atoms with van der Waals surface area (Å²) in [7, 11) is 1.73. The highest BCUT2D eigenvalue weighted by atomic mass is 32.1. The number of nitrogens with zero attached hydrogens (tertiary/aromatic N) is 2. The first-order valence-corrected chi connectivity index (χ1v) is 8.47. The van der Waals surface area contributed by atoms with Crippen LogP contribution < -0.4 is 10.1 Å². The van der Waals surface area contributed by atoms with Crippen molar-refractivity contribution < 1.29 is 9.53 Å². The van der Waals surface area contributed by atoms with Crippen molar-refractivity contribution in [1.82, 2.24) is 9.97 Å². The van der Waals surface area contributed by atoms with E-state index in [1.54, 1.807) is 30.5 Å². The van der Waals surface area contributed by atoms with Crippen molar-refractivity contribution in [3.05, 3.63) is 51.7 Å². The number of thiophene rings is 1. The molecule has 25 heavy (non-hydrogen) atoms. The topological polar surface area (TPSA) is 88.0 Å². The van der Waals surface area contributed by atoms with Crippen LogP contribution >= 0.6 is 11.3 Å². The summed E-state index contributed by atoms with van der Waals surface area (Å²) in [5, 5.41) is 14.6. The molecule has 2 N–H and O–H groups in total. The standard InChI is InChI=1S/C18H16N4O2S/c1-11-3-4-12(9-23)7-15(11)24-18-14(8-19)17(20-2)21-16(22-18)13-5-6-25-10-13/h3-10,19H,1-2H3,(H,20,21,22). The van der Waals surface area contributed by atoms with Crippen LogP contribution in [0.15, 0.2) is 35.0 Å². The van der Waals surface area contributed by atoms with Crippen LogP contribution in [0.3, 0.4) is 0 Å². The van der Waals surface area contributed by atoms with E-state index in [0.29, 0.717) is 28.5 Å². The van der Waals surface area contributed by atoms with Crippen molar-refractivity contribution in [2.75, 3.05) is 12.4 Å². The quantitative estimate of drug-likeness (QED) is 0.514. The van der Waals surface area contributed by atoms with Crippen LogP contribution in [-0.2, 0) is 0 Å². The lowest BCUT2D eigenvalue weighted by Crippen LogP contribution is -2.05. The van der Waals surface area contributed by atoms with Crippen molar-refractivity contribution in [3.8, 4) is 23.0 Å². The number of hydrogen-bond donors (Lipinski definition) is 2. The third-order valence-electron chi connectivity index (χ3n) is 3.63. The molecule has 2 heterocycles. The van der Waals surface area contributed by atoms with Gasteiger partial charge in [0.05, 0.1) is 5.56 Å². The Morgan fingerprint density at radius 1 is 1.28 bits per heavy atom. The SMILES string of the molecule is CNc1nc(-c2ccsc2)nc(Oc2cc(C=O)ccc2C)c1C=N. The van der Waals surface area contributed by atoms with E-state index < -0.39 is 0 Å². The van der Waals surface area contributed by atoms with Crippen molar-refractivity contribution in [2.45, 2.75) is 6.92 Å². The average Bonchev–Trinajstić information content (AvgIpc) is 3.17. The van der Waals surface area contributed by atoms with Gasteiger partial charge in [0.15, 0.2) is 5.82 Å². The Morgan fingerprint density at radius 3 is 2.76 bits per heavy atom. The third-order valence-corrected chi connectivity index (χ3v) is 4.31. The monoisotopic (exact) mass is 352 g/mol. The Labute approximate surface area is 149 Å². The molecule has 0 aliphatic heterocycles. The van der Waals surface area contributed by atoms with Gasteiger partial charge in [-0.25, -0.2) is 4.98 Å². The number of anilines is 1. The summed E-state index contributed by atoms with van der Waals surface area (Å²) in [6.07, 6.45) is 1.91. The molecule has 2 aromatic heterocycles. The molecule has 7 heteroatoms. The molecule has 0 atom stereocenters. The second kappa shape index (κ2) is 7.23. The number of aromatic nitrogens is 2. The van der Waals surface area contributed by atoms with Gasteiger partial charge in [0.1, 0.15) is 17.9 Å². The van der Waals surface area contributed by atoms with E-state index in [2.05, 4.69) is 15.3 Å². The van der Waals surface area contributed by atoms with Crippen LogP contribution in [0.2, 0.25) is 0 Å². The number of nitrogens with one attached hydrogen (secondary N) is 2. The molecule has 0 saturated carbocycles. The fourth-order valence-corrected chi connectivity index (χ4v) is 2.91. The van der Waals surface area contributed by atoms with E-state index in [0.717, 1.165) is 23.6 Å². The Kier molecular flexibility index (Phi) is 4.85. The number of aldehydes is 1. The first-order valence-electron chi connectivity index (χ1n) is 7.52. The van der Waals surface area contributed by atoms with Crippen molar-refractivity contribution in [2.24, 2.45) is 0 Å². The van der Waals surface area contributed by atoms with Gasteiger partial charge in [0, 0.05) is 29.8 Å². The maximum Gasteiger partial charge on any atom is 0.233 e. The van der Waals surface area contributed by atoms with Gasteiger partial charge in [-0.2, -0.15) is 16.3 Å². The summed E-state index contributed by atoms with van der Waals surface area (Å²) >= 11 is 1.55. The molecule has 0 bridgehead atoms. The van der Waals surface area contributed by atoms with Crippen LogP contribution in [0, 0.1) is 12.3 Å². The summed E-state index contributed by atoms with van der Waals surface area (Å²) < 4.78 is 5.96. The second-order valence-corrected chi connectivity index (χ2v) is 6.05. The van der Waals surface area contributed by atoms with Gasteiger partial charge in [-0.05, 0) is 30.0 Å². The van der Waals surface area contributed by atoms with Crippen molar-refractivity contribution in [1.29, 1.82) is 5.41 Å². The minimum absolute atomic E-state index is 0.265. The molecule has 3 rings (SSSR count). The fraction of sp³-hybridized carbons (Fsp3) is 0.111. The number of aryl methyl sites for hydroxylation is 1. The van der Waals surface area contributed by atoms with Gasteiger partial charge in [0.25, 0.3) is 0 Å². The zero-order valence-corrected chi connectivity index (χ0v) is 14.6. The number of benzene rings is 1. The van der Waals surface area contributed by atoms with E-state index in [1.165, 1.54) is 0 Å². The molecule has 1 aromatic carbocycles. The summed E-state index contributed by atoms with van der Waals surface area (Å²) in [5.41, 5.74) is 2.69. The molecule has 126 valence electrons. The predicted molar refractivity (Wildman–Crippen MR) is 99.4 cm³/mol. The van der Waals surface area contributed by atoms with Gasteiger partial charge in [-0.15, -0.1) is 0 Å². The Morgan fingerprint density at radius 2 is 2.12 bits per heavy atom. The van der Waals surface area contributed by atoms with E-state index in [9.17, 15) is 4.79 Å². The highest BCUT2D eigenvalue weighted by molar-refractivity contribution is 7.08. The molecular weight excluding hydrogens is 336 g/mol. The van der Waals surface area contributed by atoms with E-state index in [4.69, 9.17) is 10.1 Å². The highest BCUT2D eigenvalue weighted by Crippen LogP contribution is 2.31. The fourth-order valence-electron chi connectivity index (χ4n) is 2.27. The predicted octanol–water partition coefficient (Wildman–Crippen LogP) is 4.16. The van der Waals surface area contributed by atoms with Crippen molar-refractivity contribution >= 4 is 29.7 Å². The molecule has 0 fully saturated rings. The zero-order chi connectivity index (χ0) is 17.8. The molecule has 3 aromatic rings. The van der Waals surface area contributed by atoms with E-state index in [-0.39, 0.29) is 5.88 Å². The zero-order valence-electron chi connectivity index (χ0n) is 13.7. The van der Waals surface area contributed by atoms with Gasteiger partial charge in [-0.3, -0.25) is 4.79 Å². The third kappa shape index (κ3) is 3.41. The molecule has 0 radical (unpaired) electrons. The Balaban J connectivity index is 2.12. The maximum absolute atomic E-state index is 11.0. The first kappa shape index (κ1) is 16.8. The van der Waals surface area contributed by atoms with Crippen LogP contribution in [0.1, 0.15) is 21.5 Å². The molecule has 0 aliphatic carbocycles. The Hall–Kier alpha value is -3.06. The maximum atomic E-state index is 11.0. The molecule has 0 amide bonds. The summed E-state index contributed by atoms with van der Waals surface area (Å²) in [6, 6.07) is 7.11. The lowest BCUT2D eigenvalue weighted by Gasteiger charge is -2.14. The summed E-state index contributed by atoms with van der Waals surface area (Å²) in [6.45, 7) is 1.88.